The van der Waals surface area contributed by atoms with Crippen LogP contribution in [0, 0.1) is 11.3 Å². The van der Waals surface area contributed by atoms with Gasteiger partial charge in [-0.3, -0.25) is 14.4 Å². The minimum Gasteiger partial charge on any atom is -0.338 e. The quantitative estimate of drug-likeness (QED) is 0.664. The van der Waals surface area contributed by atoms with Crippen LogP contribution in [0.25, 0.3) is 11.1 Å². The van der Waals surface area contributed by atoms with Crippen LogP contribution in [0.1, 0.15) is 68.1 Å². The molecule has 7 nitrogen and oxygen atoms in total. The van der Waals surface area contributed by atoms with Crippen molar-refractivity contribution in [2.45, 2.75) is 68.9 Å². The van der Waals surface area contributed by atoms with Gasteiger partial charge in [-0.1, -0.05) is 43.5 Å². The van der Waals surface area contributed by atoms with Crippen molar-refractivity contribution in [3.05, 3.63) is 54.1 Å². The second kappa shape index (κ2) is 9.18. The summed E-state index contributed by atoms with van der Waals surface area (Å²) in [6, 6.07) is 17.4. The summed E-state index contributed by atoms with van der Waals surface area (Å²) in [6.45, 7) is 0.763. The van der Waals surface area contributed by atoms with Crippen molar-refractivity contribution in [3.8, 4) is 17.2 Å². The number of hydrogen-bond acceptors (Lipinski definition) is 4. The minimum absolute atomic E-state index is 0.164. The van der Waals surface area contributed by atoms with Gasteiger partial charge in [0.1, 0.15) is 11.1 Å². The van der Waals surface area contributed by atoms with Crippen molar-refractivity contribution in [2.75, 3.05) is 11.4 Å². The number of nitrogens with one attached hydrogen (secondary N) is 2. The highest BCUT2D eigenvalue weighted by atomic mass is 16.2. The van der Waals surface area contributed by atoms with E-state index in [0.29, 0.717) is 37.7 Å². The highest BCUT2D eigenvalue weighted by Crippen LogP contribution is 2.37. The second-order valence-electron chi connectivity index (χ2n) is 10.0. The third-order valence-electron chi connectivity index (χ3n) is 7.54. The molecule has 0 aromatic heterocycles. The Bertz CT molecular complexity index is 1170. The molecule has 0 radical (unpaired) electrons. The maximum atomic E-state index is 13.2. The maximum Gasteiger partial charge on any atom is 0.252 e. The van der Waals surface area contributed by atoms with Gasteiger partial charge < -0.3 is 15.5 Å². The number of carbonyl (C=O) groups is 3. The zero-order valence-electron chi connectivity index (χ0n) is 19.8. The highest BCUT2D eigenvalue weighted by Gasteiger charge is 2.50. The molecule has 180 valence electrons. The van der Waals surface area contributed by atoms with E-state index in [9.17, 15) is 19.6 Å². The Balaban J connectivity index is 1.28. The molecule has 1 aliphatic heterocycles. The van der Waals surface area contributed by atoms with E-state index in [1.165, 1.54) is 0 Å². The van der Waals surface area contributed by atoms with Gasteiger partial charge in [-0.05, 0) is 67.5 Å². The number of rotatable bonds is 6. The summed E-state index contributed by atoms with van der Waals surface area (Å²) >= 11 is 0. The first-order valence-electron chi connectivity index (χ1n) is 12.5. The normalized spacial score (nSPS) is 20.1. The van der Waals surface area contributed by atoms with E-state index in [2.05, 4.69) is 16.7 Å². The van der Waals surface area contributed by atoms with E-state index in [-0.39, 0.29) is 17.7 Å². The van der Waals surface area contributed by atoms with Gasteiger partial charge in [-0.15, -0.1) is 0 Å². The number of nitriles is 1. The lowest BCUT2D eigenvalue weighted by Crippen LogP contribution is -2.61. The third-order valence-corrected chi connectivity index (χ3v) is 7.54. The smallest absolute Gasteiger partial charge is 0.252 e. The summed E-state index contributed by atoms with van der Waals surface area (Å²) in [6.07, 6.45) is 6.75. The van der Waals surface area contributed by atoms with E-state index >= 15 is 0 Å². The van der Waals surface area contributed by atoms with E-state index in [1.54, 1.807) is 12.1 Å². The van der Waals surface area contributed by atoms with Gasteiger partial charge in [0.05, 0.1) is 6.07 Å². The molecule has 7 heteroatoms. The first-order valence-corrected chi connectivity index (χ1v) is 12.5. The molecular weight excluding hydrogens is 440 g/mol. The van der Waals surface area contributed by atoms with Crippen molar-refractivity contribution in [3.63, 3.8) is 0 Å². The third kappa shape index (κ3) is 4.66. The first kappa shape index (κ1) is 23.1. The molecule has 2 N–H and O–H groups in total. The largest absolute Gasteiger partial charge is 0.338 e. The molecule has 1 saturated heterocycles. The van der Waals surface area contributed by atoms with Crippen LogP contribution in [-0.4, -0.2) is 35.3 Å². The van der Waals surface area contributed by atoms with Gasteiger partial charge in [0, 0.05) is 24.2 Å². The Morgan fingerprint density at radius 1 is 0.829 bits per heavy atom. The summed E-state index contributed by atoms with van der Waals surface area (Å²) < 4.78 is 0. The maximum absolute atomic E-state index is 13.2. The van der Waals surface area contributed by atoms with Crippen molar-refractivity contribution in [1.82, 2.24) is 10.6 Å². The standard InChI is InChI=1S/C28H30N4O3/c29-19-27(16-17-27)31-26(35)28(14-2-1-3-15-28)30-25(34)22-8-6-20(7-9-22)21-10-12-23(13-11-21)32-18-4-5-24(32)33/h6-13H,1-5,14-18H2,(H,30,34)(H,31,35). The molecule has 2 saturated carbocycles. The van der Waals surface area contributed by atoms with Crippen molar-refractivity contribution < 1.29 is 14.4 Å². The Morgan fingerprint density at radius 2 is 1.46 bits per heavy atom. The molecule has 2 aliphatic carbocycles. The fraction of sp³-hybridized carbons (Fsp3) is 0.429. The first-order chi connectivity index (χ1) is 16.9. The van der Waals surface area contributed by atoms with Crippen LogP contribution in [0.5, 0.6) is 0 Å². The molecule has 0 atom stereocenters. The molecule has 0 bridgehead atoms. The Kier molecular flexibility index (Phi) is 6.06. The van der Waals surface area contributed by atoms with Crippen LogP contribution in [0.4, 0.5) is 5.69 Å². The molecule has 3 fully saturated rings. The summed E-state index contributed by atoms with van der Waals surface area (Å²) in [4.78, 5) is 40.1. The average Bonchev–Trinajstić information content (AvgIpc) is 3.54. The molecule has 1 heterocycles. The number of nitrogens with zero attached hydrogens (tertiary/aromatic N) is 2. The monoisotopic (exact) mass is 470 g/mol. The zero-order chi connectivity index (χ0) is 24.5. The van der Waals surface area contributed by atoms with Gasteiger partial charge >= 0.3 is 0 Å². The van der Waals surface area contributed by atoms with Crippen LogP contribution in [0.3, 0.4) is 0 Å². The topological polar surface area (TPSA) is 102 Å². The predicted molar refractivity (Wildman–Crippen MR) is 132 cm³/mol. The van der Waals surface area contributed by atoms with E-state index in [4.69, 9.17) is 0 Å². The van der Waals surface area contributed by atoms with Gasteiger partial charge in [-0.2, -0.15) is 5.26 Å². The second-order valence-corrected chi connectivity index (χ2v) is 10.0. The SMILES string of the molecule is N#CC1(NC(=O)C2(NC(=O)c3ccc(-c4ccc(N5CCCC5=O)cc4)cc3)CCCCC2)CC1. The molecular formula is C28H30N4O3. The van der Waals surface area contributed by atoms with Crippen LogP contribution in [0.2, 0.25) is 0 Å². The number of amides is 3. The lowest BCUT2D eigenvalue weighted by molar-refractivity contribution is -0.129. The van der Waals surface area contributed by atoms with Gasteiger partial charge in [0.2, 0.25) is 11.8 Å². The van der Waals surface area contributed by atoms with Crippen LogP contribution < -0.4 is 15.5 Å². The highest BCUT2D eigenvalue weighted by molar-refractivity contribution is 6.00. The Morgan fingerprint density at radius 3 is 2.00 bits per heavy atom. The van der Waals surface area contributed by atoms with E-state index in [0.717, 1.165) is 49.0 Å². The van der Waals surface area contributed by atoms with Crippen LogP contribution in [0.15, 0.2) is 48.5 Å². The molecule has 0 spiro atoms. The fourth-order valence-electron chi connectivity index (χ4n) is 5.15. The van der Waals surface area contributed by atoms with Crippen LogP contribution >= 0.6 is 0 Å². The average molecular weight is 471 g/mol. The van der Waals surface area contributed by atoms with Gasteiger partial charge in [0.25, 0.3) is 5.91 Å². The molecule has 3 aliphatic rings. The molecule has 2 aromatic rings. The summed E-state index contributed by atoms with van der Waals surface area (Å²) in [5.41, 5.74) is 1.65. The number of anilines is 1. The fourth-order valence-corrected chi connectivity index (χ4v) is 5.15. The minimum atomic E-state index is -0.969. The summed E-state index contributed by atoms with van der Waals surface area (Å²) in [5, 5.41) is 15.3. The van der Waals surface area contributed by atoms with E-state index in [1.807, 2.05) is 41.3 Å². The lowest BCUT2D eigenvalue weighted by Gasteiger charge is -2.37. The van der Waals surface area contributed by atoms with Gasteiger partial charge in [0.15, 0.2) is 0 Å². The van der Waals surface area contributed by atoms with E-state index < -0.39 is 11.1 Å². The van der Waals surface area contributed by atoms with Gasteiger partial charge in [-0.25, -0.2) is 0 Å². The molecule has 35 heavy (non-hydrogen) atoms. The summed E-state index contributed by atoms with van der Waals surface area (Å²) in [5.74, 6) is -0.353. The molecule has 2 aromatic carbocycles. The zero-order valence-corrected chi connectivity index (χ0v) is 19.8. The molecule has 0 unspecified atom stereocenters. The van der Waals surface area contributed by atoms with Crippen LogP contribution in [-0.2, 0) is 9.59 Å². The van der Waals surface area contributed by atoms with Crippen molar-refractivity contribution in [2.24, 2.45) is 0 Å². The number of hydrogen-bond donors (Lipinski definition) is 2. The Hall–Kier alpha value is -3.66. The summed E-state index contributed by atoms with van der Waals surface area (Å²) in [7, 11) is 0. The number of benzene rings is 2. The molecule has 5 rings (SSSR count). The molecule has 3 amide bonds. The van der Waals surface area contributed by atoms with Crippen molar-refractivity contribution >= 4 is 23.4 Å². The Labute approximate surface area is 205 Å². The lowest BCUT2D eigenvalue weighted by atomic mass is 9.80. The van der Waals surface area contributed by atoms with Crippen molar-refractivity contribution in [1.29, 1.82) is 5.26 Å². The predicted octanol–water partition coefficient (Wildman–Crippen LogP) is 4.09. The number of carbonyl (C=O) groups excluding carboxylic acids is 3.